The number of primary amides is 1. The molecule has 2 aromatic heterocycles. The van der Waals surface area contributed by atoms with Gasteiger partial charge in [-0.25, -0.2) is 0 Å². The third-order valence-electron chi connectivity index (χ3n) is 6.19. The lowest BCUT2D eigenvalue weighted by Gasteiger charge is -2.32. The smallest absolute Gasteiger partial charge is 0.237 e. The zero-order chi connectivity index (χ0) is 19.8. The number of piperidine rings is 1. The van der Waals surface area contributed by atoms with Crippen molar-refractivity contribution in [3.8, 4) is 5.75 Å². The summed E-state index contributed by atoms with van der Waals surface area (Å²) in [5.74, 6) is 0.540. The second kappa shape index (κ2) is 7.55. The molecule has 1 amide bonds. The topological polar surface area (TPSA) is 89.2 Å². The minimum atomic E-state index is -0.344. The molecule has 0 spiro atoms. The van der Waals surface area contributed by atoms with E-state index in [0.29, 0.717) is 0 Å². The van der Waals surface area contributed by atoms with Gasteiger partial charge in [-0.2, -0.15) is 5.10 Å². The molecule has 1 aliphatic heterocycles. The highest BCUT2D eigenvalue weighted by Crippen LogP contribution is 2.30. The van der Waals surface area contributed by atoms with Gasteiger partial charge in [0.2, 0.25) is 5.91 Å². The number of aromatic amines is 1. The predicted molar refractivity (Wildman–Crippen MR) is 111 cm³/mol. The van der Waals surface area contributed by atoms with Crippen molar-refractivity contribution >= 4 is 16.8 Å². The van der Waals surface area contributed by atoms with Gasteiger partial charge in [0.25, 0.3) is 0 Å². The molecular formula is C22H27N5O2. The number of hydrogen-bond donors (Lipinski definition) is 2. The van der Waals surface area contributed by atoms with Gasteiger partial charge in [0.15, 0.2) is 0 Å². The van der Waals surface area contributed by atoms with E-state index in [1.54, 1.807) is 0 Å². The number of benzene rings is 1. The normalized spacial score (nSPS) is 17.7. The average Bonchev–Trinajstić information content (AvgIpc) is 3.41. The van der Waals surface area contributed by atoms with Gasteiger partial charge in [0.05, 0.1) is 11.2 Å². The van der Waals surface area contributed by atoms with E-state index >= 15 is 0 Å². The van der Waals surface area contributed by atoms with Crippen molar-refractivity contribution in [1.82, 2.24) is 19.7 Å². The van der Waals surface area contributed by atoms with Gasteiger partial charge in [0, 0.05) is 36.9 Å². The van der Waals surface area contributed by atoms with Crippen LogP contribution in [0.1, 0.15) is 36.2 Å². The van der Waals surface area contributed by atoms with Crippen molar-refractivity contribution in [3.63, 3.8) is 0 Å². The number of likely N-dealkylation sites (tertiary alicyclic amines) is 1. The lowest BCUT2D eigenvalue weighted by Crippen LogP contribution is -2.38. The quantitative estimate of drug-likeness (QED) is 0.673. The van der Waals surface area contributed by atoms with E-state index in [1.165, 1.54) is 29.8 Å². The molecule has 7 nitrogen and oxygen atoms in total. The van der Waals surface area contributed by atoms with Gasteiger partial charge in [-0.1, -0.05) is 6.07 Å². The van der Waals surface area contributed by atoms with Crippen LogP contribution in [0.4, 0.5) is 0 Å². The van der Waals surface area contributed by atoms with Gasteiger partial charge in [-0.3, -0.25) is 14.8 Å². The first kappa shape index (κ1) is 18.2. The van der Waals surface area contributed by atoms with Gasteiger partial charge >= 0.3 is 0 Å². The van der Waals surface area contributed by atoms with Gasteiger partial charge in [-0.05, 0) is 55.9 Å². The molecule has 29 heavy (non-hydrogen) atoms. The van der Waals surface area contributed by atoms with Crippen LogP contribution >= 0.6 is 0 Å². The Kier molecular flexibility index (Phi) is 4.75. The zero-order valence-electron chi connectivity index (χ0n) is 16.6. The van der Waals surface area contributed by atoms with Crippen molar-refractivity contribution < 1.29 is 9.53 Å². The van der Waals surface area contributed by atoms with Crippen molar-refractivity contribution in [1.29, 1.82) is 0 Å². The molecular weight excluding hydrogens is 366 g/mol. The van der Waals surface area contributed by atoms with Crippen LogP contribution in [0.5, 0.6) is 5.75 Å². The van der Waals surface area contributed by atoms with Crippen LogP contribution in [-0.2, 0) is 30.7 Å². The minimum Gasteiger partial charge on any atom is -0.490 e. The Bertz CT molecular complexity index is 1030. The summed E-state index contributed by atoms with van der Waals surface area (Å²) in [6.45, 7) is 3.16. The van der Waals surface area contributed by atoms with Crippen molar-refractivity contribution in [3.05, 3.63) is 47.4 Å². The second-order valence-corrected chi connectivity index (χ2v) is 8.17. The average molecular weight is 393 g/mol. The molecule has 0 bridgehead atoms. The molecule has 7 heteroatoms. The first-order valence-corrected chi connectivity index (χ1v) is 10.5. The molecule has 0 saturated carbocycles. The van der Waals surface area contributed by atoms with Crippen LogP contribution < -0.4 is 10.5 Å². The number of nitrogens with one attached hydrogen (secondary N) is 1. The maximum Gasteiger partial charge on any atom is 0.237 e. The standard InChI is InChI=1S/C22H27N5O2/c23-22(28)14-27-12-9-17-20(27)5-2-6-21(17)29-15-7-10-26(11-8-15)13-19-16-3-1-4-18(16)24-25-19/h2,5-6,9,12,15H,1,3-4,7-8,10-11,13-14H2,(H2,23,28)(H,24,25). The number of H-pyrrole nitrogens is 1. The predicted octanol–water partition coefficient (Wildman–Crippen LogP) is 2.38. The van der Waals surface area contributed by atoms with Crippen molar-refractivity contribution in [2.24, 2.45) is 5.73 Å². The molecule has 5 rings (SSSR count). The molecule has 0 radical (unpaired) electrons. The maximum atomic E-state index is 11.3. The number of rotatable bonds is 6. The number of aromatic nitrogens is 3. The molecule has 0 atom stereocenters. The van der Waals surface area contributed by atoms with Crippen LogP contribution in [0.3, 0.4) is 0 Å². The second-order valence-electron chi connectivity index (χ2n) is 8.17. The maximum absolute atomic E-state index is 11.3. The Balaban J connectivity index is 1.22. The fourth-order valence-corrected chi connectivity index (χ4v) is 4.70. The summed E-state index contributed by atoms with van der Waals surface area (Å²) < 4.78 is 8.24. The summed E-state index contributed by atoms with van der Waals surface area (Å²) in [5.41, 5.74) is 10.4. The summed E-state index contributed by atoms with van der Waals surface area (Å²) in [5, 5.41) is 8.79. The van der Waals surface area contributed by atoms with Gasteiger partial charge < -0.3 is 15.0 Å². The van der Waals surface area contributed by atoms with E-state index in [2.05, 4.69) is 15.1 Å². The summed E-state index contributed by atoms with van der Waals surface area (Å²) in [6, 6.07) is 7.98. The number of nitrogens with two attached hydrogens (primary N) is 1. The highest BCUT2D eigenvalue weighted by Gasteiger charge is 2.24. The minimum absolute atomic E-state index is 0.183. The number of aryl methyl sites for hydroxylation is 1. The number of carbonyl (C=O) groups excluding carboxylic acids is 1. The molecule has 0 unspecified atom stereocenters. The number of carbonyl (C=O) groups is 1. The van der Waals surface area contributed by atoms with E-state index in [1.807, 2.05) is 35.0 Å². The van der Waals surface area contributed by atoms with E-state index in [9.17, 15) is 4.79 Å². The molecule has 152 valence electrons. The third kappa shape index (κ3) is 3.62. The van der Waals surface area contributed by atoms with Crippen LogP contribution in [-0.4, -0.2) is 44.8 Å². The van der Waals surface area contributed by atoms with E-state index in [4.69, 9.17) is 10.5 Å². The van der Waals surface area contributed by atoms with E-state index in [0.717, 1.165) is 55.5 Å². The van der Waals surface area contributed by atoms with Crippen LogP contribution in [0, 0.1) is 0 Å². The third-order valence-corrected chi connectivity index (χ3v) is 6.19. The highest BCUT2D eigenvalue weighted by atomic mass is 16.5. The van der Waals surface area contributed by atoms with Crippen LogP contribution in [0.2, 0.25) is 0 Å². The summed E-state index contributed by atoms with van der Waals surface area (Å²) in [4.78, 5) is 13.8. The van der Waals surface area contributed by atoms with Crippen LogP contribution in [0.15, 0.2) is 30.5 Å². The van der Waals surface area contributed by atoms with E-state index in [-0.39, 0.29) is 18.6 Å². The zero-order valence-corrected chi connectivity index (χ0v) is 16.6. The molecule has 1 fully saturated rings. The monoisotopic (exact) mass is 393 g/mol. The molecule has 1 aliphatic carbocycles. The number of hydrogen-bond acceptors (Lipinski definition) is 4. The number of nitrogens with zero attached hydrogens (tertiary/aromatic N) is 3. The fraction of sp³-hybridized carbons (Fsp3) is 0.455. The lowest BCUT2D eigenvalue weighted by molar-refractivity contribution is -0.118. The van der Waals surface area contributed by atoms with Gasteiger partial charge in [0.1, 0.15) is 18.4 Å². The van der Waals surface area contributed by atoms with Crippen molar-refractivity contribution in [2.75, 3.05) is 13.1 Å². The molecule has 3 aromatic rings. The lowest BCUT2D eigenvalue weighted by atomic mass is 10.1. The highest BCUT2D eigenvalue weighted by molar-refractivity contribution is 5.87. The van der Waals surface area contributed by atoms with E-state index < -0.39 is 0 Å². The molecule has 1 saturated heterocycles. The van der Waals surface area contributed by atoms with Crippen molar-refractivity contribution in [2.45, 2.75) is 51.3 Å². The fourth-order valence-electron chi connectivity index (χ4n) is 4.70. The first-order valence-electron chi connectivity index (χ1n) is 10.5. The first-order chi connectivity index (χ1) is 14.2. The molecule has 2 aliphatic rings. The Morgan fingerprint density at radius 2 is 2.10 bits per heavy atom. The molecule has 3 N–H and O–H groups in total. The summed E-state index contributed by atoms with van der Waals surface area (Å²) in [7, 11) is 0. The largest absolute Gasteiger partial charge is 0.490 e. The number of amides is 1. The van der Waals surface area contributed by atoms with Crippen LogP contribution in [0.25, 0.3) is 10.9 Å². The molecule has 3 heterocycles. The SMILES string of the molecule is NC(=O)Cn1ccc2c(OC3CCN(Cc4n[nH]c5c4CCC5)CC3)cccc21. The Hall–Kier alpha value is -2.80. The Morgan fingerprint density at radius 3 is 2.93 bits per heavy atom. The summed E-state index contributed by atoms with van der Waals surface area (Å²) in [6.07, 6.45) is 7.68. The Labute approximate surface area is 169 Å². The Morgan fingerprint density at radius 1 is 1.24 bits per heavy atom. The van der Waals surface area contributed by atoms with Gasteiger partial charge in [-0.15, -0.1) is 0 Å². The molecule has 1 aromatic carbocycles. The summed E-state index contributed by atoms with van der Waals surface area (Å²) >= 11 is 0. The number of ether oxygens (including phenoxy) is 1. The number of fused-ring (bicyclic) bond motifs is 2.